The van der Waals surface area contributed by atoms with Crippen molar-refractivity contribution in [3.8, 4) is 0 Å². The highest BCUT2D eigenvalue weighted by Gasteiger charge is 2.33. The molecule has 0 saturated carbocycles. The van der Waals surface area contributed by atoms with Gasteiger partial charge in [0.15, 0.2) is 6.29 Å². The van der Waals surface area contributed by atoms with Gasteiger partial charge in [0.2, 0.25) is 0 Å². The van der Waals surface area contributed by atoms with E-state index in [1.165, 1.54) is 12.3 Å². The maximum atomic E-state index is 12.7. The SMILES string of the molecule is CC(C)(C)OC(=O)N(C(=O)OC(C)(C)C)c1cc2c(C=O)cccc2cn1. The summed E-state index contributed by atoms with van der Waals surface area (Å²) in [5.74, 6) is 0.0142. The molecule has 1 aromatic heterocycles. The molecule has 1 aromatic carbocycles. The number of hydrogen-bond acceptors (Lipinski definition) is 6. The van der Waals surface area contributed by atoms with Crippen LogP contribution in [-0.4, -0.2) is 34.7 Å². The van der Waals surface area contributed by atoms with Crippen LogP contribution in [0.1, 0.15) is 51.9 Å². The van der Waals surface area contributed by atoms with Gasteiger partial charge in [-0.25, -0.2) is 14.6 Å². The van der Waals surface area contributed by atoms with Crippen molar-refractivity contribution in [1.29, 1.82) is 0 Å². The van der Waals surface area contributed by atoms with Gasteiger partial charge < -0.3 is 9.47 Å². The number of aromatic nitrogens is 1. The second kappa shape index (κ2) is 7.34. The summed E-state index contributed by atoms with van der Waals surface area (Å²) >= 11 is 0. The second-order valence-corrected chi connectivity index (χ2v) is 8.02. The molecule has 0 bridgehead atoms. The number of hydrogen-bond donors (Lipinski definition) is 0. The normalized spacial score (nSPS) is 11.8. The molecule has 0 unspecified atom stereocenters. The Balaban J connectivity index is 2.55. The van der Waals surface area contributed by atoms with Crippen LogP contribution >= 0.6 is 0 Å². The lowest BCUT2D eigenvalue weighted by molar-refractivity contribution is 0.0429. The van der Waals surface area contributed by atoms with Gasteiger partial charge in [-0.1, -0.05) is 18.2 Å². The number of rotatable bonds is 2. The molecule has 0 spiro atoms. The zero-order valence-electron chi connectivity index (χ0n) is 16.4. The Hall–Kier alpha value is -2.96. The highest BCUT2D eigenvalue weighted by atomic mass is 16.6. The van der Waals surface area contributed by atoms with E-state index in [2.05, 4.69) is 4.98 Å². The fraction of sp³-hybridized carbons (Fsp3) is 0.400. The van der Waals surface area contributed by atoms with Gasteiger partial charge >= 0.3 is 12.2 Å². The molecule has 0 atom stereocenters. The van der Waals surface area contributed by atoms with Gasteiger partial charge in [-0.2, -0.15) is 4.90 Å². The minimum Gasteiger partial charge on any atom is -0.443 e. The minimum atomic E-state index is -0.910. The predicted octanol–water partition coefficient (Wildman–Crippen LogP) is 4.72. The maximum absolute atomic E-state index is 12.7. The number of amides is 2. The first-order valence-corrected chi connectivity index (χ1v) is 8.51. The predicted molar refractivity (Wildman–Crippen MR) is 102 cm³/mol. The zero-order chi connectivity index (χ0) is 20.4. The molecule has 0 radical (unpaired) electrons. The topological polar surface area (TPSA) is 85.8 Å². The van der Waals surface area contributed by atoms with Crippen LogP contribution in [0.15, 0.2) is 30.5 Å². The van der Waals surface area contributed by atoms with Crippen LogP contribution in [0.5, 0.6) is 0 Å². The number of nitrogens with zero attached hydrogens (tertiary/aromatic N) is 2. The lowest BCUT2D eigenvalue weighted by Crippen LogP contribution is -2.44. The van der Waals surface area contributed by atoms with E-state index in [0.29, 0.717) is 22.6 Å². The number of benzene rings is 1. The summed E-state index contributed by atoms with van der Waals surface area (Å²) in [6.45, 7) is 10.1. The molecule has 2 amide bonds. The Morgan fingerprint density at radius 2 is 1.56 bits per heavy atom. The number of carbonyl (C=O) groups excluding carboxylic acids is 3. The van der Waals surface area contributed by atoms with Crippen LogP contribution in [0.25, 0.3) is 10.8 Å². The summed E-state index contributed by atoms with van der Waals surface area (Å²) in [6, 6.07) is 6.65. The lowest BCUT2D eigenvalue weighted by Gasteiger charge is -2.28. The van der Waals surface area contributed by atoms with Crippen molar-refractivity contribution in [3.05, 3.63) is 36.0 Å². The fourth-order valence-electron chi connectivity index (χ4n) is 2.28. The van der Waals surface area contributed by atoms with E-state index in [4.69, 9.17) is 9.47 Å². The van der Waals surface area contributed by atoms with Gasteiger partial charge in [0.05, 0.1) is 0 Å². The van der Waals surface area contributed by atoms with E-state index in [1.54, 1.807) is 59.7 Å². The number of carbonyl (C=O) groups is 3. The van der Waals surface area contributed by atoms with Crippen LogP contribution in [0.4, 0.5) is 15.4 Å². The number of ether oxygens (including phenoxy) is 2. The Morgan fingerprint density at radius 3 is 2.04 bits per heavy atom. The Kier molecular flexibility index (Phi) is 5.54. The molecule has 0 aliphatic heterocycles. The van der Waals surface area contributed by atoms with Gasteiger partial charge in [-0.3, -0.25) is 4.79 Å². The second-order valence-electron chi connectivity index (χ2n) is 8.02. The Labute approximate surface area is 158 Å². The van der Waals surface area contributed by atoms with Crippen LogP contribution in [0.3, 0.4) is 0 Å². The number of imide groups is 1. The molecule has 0 fully saturated rings. The Bertz CT molecular complexity index is 850. The molecule has 144 valence electrons. The summed E-state index contributed by atoms with van der Waals surface area (Å²) in [5, 5.41) is 1.27. The van der Waals surface area contributed by atoms with Crippen molar-refractivity contribution < 1.29 is 23.9 Å². The first-order chi connectivity index (χ1) is 12.4. The van der Waals surface area contributed by atoms with Gasteiger partial charge in [0.1, 0.15) is 17.0 Å². The first-order valence-electron chi connectivity index (χ1n) is 8.51. The zero-order valence-corrected chi connectivity index (χ0v) is 16.4. The molecular formula is C20H24N2O5. The summed E-state index contributed by atoms with van der Waals surface area (Å²) in [5.41, 5.74) is -1.21. The maximum Gasteiger partial charge on any atom is 0.425 e. The molecule has 1 heterocycles. The number of fused-ring (bicyclic) bond motifs is 1. The van der Waals surface area contributed by atoms with Crippen molar-refractivity contribution in [2.45, 2.75) is 52.7 Å². The van der Waals surface area contributed by atoms with Gasteiger partial charge in [-0.05, 0) is 53.0 Å². The minimum absolute atomic E-state index is 0.0142. The number of pyridine rings is 1. The average Bonchev–Trinajstić information content (AvgIpc) is 2.50. The van der Waals surface area contributed by atoms with E-state index in [1.807, 2.05) is 0 Å². The first kappa shape index (κ1) is 20.4. The van der Waals surface area contributed by atoms with Crippen LogP contribution < -0.4 is 4.90 Å². The third kappa shape index (κ3) is 5.26. The van der Waals surface area contributed by atoms with E-state index < -0.39 is 23.4 Å². The molecular weight excluding hydrogens is 348 g/mol. The Morgan fingerprint density at radius 1 is 1.00 bits per heavy atom. The lowest BCUT2D eigenvalue weighted by atomic mass is 10.1. The van der Waals surface area contributed by atoms with E-state index in [9.17, 15) is 14.4 Å². The molecule has 0 N–H and O–H groups in total. The van der Waals surface area contributed by atoms with Crippen LogP contribution in [0, 0.1) is 0 Å². The molecule has 7 nitrogen and oxygen atoms in total. The highest BCUT2D eigenvalue weighted by Crippen LogP contribution is 2.25. The summed E-state index contributed by atoms with van der Waals surface area (Å²) in [6.07, 6.45) is 0.371. The quantitative estimate of drug-likeness (QED) is 0.709. The van der Waals surface area contributed by atoms with Crippen molar-refractivity contribution in [2.75, 3.05) is 4.90 Å². The van der Waals surface area contributed by atoms with E-state index in [0.717, 1.165) is 4.90 Å². The number of aldehydes is 1. The van der Waals surface area contributed by atoms with Crippen molar-refractivity contribution in [3.63, 3.8) is 0 Å². The summed E-state index contributed by atoms with van der Waals surface area (Å²) in [4.78, 5) is 41.6. The summed E-state index contributed by atoms with van der Waals surface area (Å²) in [7, 11) is 0. The molecule has 0 saturated heterocycles. The summed E-state index contributed by atoms with van der Waals surface area (Å²) < 4.78 is 10.7. The molecule has 2 rings (SSSR count). The molecule has 0 aliphatic carbocycles. The van der Waals surface area contributed by atoms with Gasteiger partial charge in [-0.15, -0.1) is 0 Å². The average molecular weight is 372 g/mol. The van der Waals surface area contributed by atoms with Gasteiger partial charge in [0, 0.05) is 17.1 Å². The van der Waals surface area contributed by atoms with Crippen molar-refractivity contribution >= 4 is 35.1 Å². The standard InChI is InChI=1S/C20H24N2O5/c1-19(2,3)26-17(24)22(18(25)27-20(4,5)6)16-10-15-13(11-21-16)8-7-9-14(15)12-23/h7-12H,1-6H3. The fourth-order valence-corrected chi connectivity index (χ4v) is 2.28. The third-order valence-corrected chi connectivity index (χ3v) is 3.29. The monoisotopic (exact) mass is 372 g/mol. The smallest absolute Gasteiger partial charge is 0.425 e. The third-order valence-electron chi connectivity index (χ3n) is 3.29. The van der Waals surface area contributed by atoms with E-state index in [-0.39, 0.29) is 5.82 Å². The van der Waals surface area contributed by atoms with Gasteiger partial charge in [0.25, 0.3) is 0 Å². The van der Waals surface area contributed by atoms with Crippen molar-refractivity contribution in [2.24, 2.45) is 0 Å². The molecule has 27 heavy (non-hydrogen) atoms. The van der Waals surface area contributed by atoms with Crippen LogP contribution in [0.2, 0.25) is 0 Å². The largest absolute Gasteiger partial charge is 0.443 e. The molecule has 0 aliphatic rings. The van der Waals surface area contributed by atoms with Crippen molar-refractivity contribution in [1.82, 2.24) is 4.98 Å². The highest BCUT2D eigenvalue weighted by molar-refractivity contribution is 6.10. The molecule has 2 aromatic rings. The molecule has 7 heteroatoms. The van der Waals surface area contributed by atoms with E-state index >= 15 is 0 Å². The van der Waals surface area contributed by atoms with Crippen LogP contribution in [-0.2, 0) is 9.47 Å². The number of anilines is 1.